The molecule has 0 rings (SSSR count). The summed E-state index contributed by atoms with van der Waals surface area (Å²) in [6, 6.07) is -0.648. The maximum atomic E-state index is 12.3. The van der Waals surface area contributed by atoms with E-state index in [0.29, 0.717) is 6.42 Å². The first-order chi connectivity index (χ1) is 28.2. The molecule has 0 fully saturated rings. The molecule has 0 aliphatic carbocycles. The van der Waals surface area contributed by atoms with E-state index in [0.717, 1.165) is 109 Å². The number of rotatable bonds is 38. The molecule has 0 bridgehead atoms. The molecule has 318 valence electrons. The molecule has 0 radical (unpaired) electrons. The Morgan fingerprint density at radius 3 is 1.16 bits per heavy atom. The van der Waals surface area contributed by atoms with Gasteiger partial charge in [-0.25, -0.2) is 0 Å². The van der Waals surface area contributed by atoms with E-state index < -0.39 is 12.1 Å². The summed E-state index contributed by atoms with van der Waals surface area (Å²) in [6.45, 7) is 4.11. The van der Waals surface area contributed by atoms with Crippen molar-refractivity contribution in [2.75, 3.05) is 6.61 Å². The molecule has 4 nitrogen and oxygen atoms in total. The highest BCUT2D eigenvalue weighted by Gasteiger charge is 2.17. The monoisotopic (exact) mass is 782 g/mol. The SMILES string of the molecule is CC/C=C\C/C=C\C/C=C\C/C=C\C/C=C\C/C=C\C/C=C\C/C=C\C/C=C\C/C=C\C/C=C\CCCCCC(=O)NC(CO)C(O)/C=C/CCCCCCCC. The quantitative estimate of drug-likeness (QED) is 0.0432. The van der Waals surface area contributed by atoms with Gasteiger partial charge in [-0.15, -0.1) is 0 Å². The Labute approximate surface area is 351 Å². The summed E-state index contributed by atoms with van der Waals surface area (Å²) < 4.78 is 0. The fraction of sp³-hybridized carbons (Fsp3) is 0.528. The molecule has 4 heteroatoms. The molecular formula is C53H83NO3. The molecule has 0 spiro atoms. The molecule has 57 heavy (non-hydrogen) atoms. The minimum absolute atomic E-state index is 0.108. The number of unbranched alkanes of at least 4 members (excludes halogenated alkanes) is 9. The van der Waals surface area contributed by atoms with E-state index in [2.05, 4.69) is 153 Å². The highest BCUT2D eigenvalue weighted by Crippen LogP contribution is 2.09. The maximum absolute atomic E-state index is 12.3. The van der Waals surface area contributed by atoms with Crippen LogP contribution in [0.4, 0.5) is 0 Å². The molecule has 0 aromatic carbocycles. The molecule has 0 aromatic rings. The van der Waals surface area contributed by atoms with E-state index in [-0.39, 0.29) is 12.5 Å². The average molecular weight is 782 g/mol. The van der Waals surface area contributed by atoms with Gasteiger partial charge in [0.25, 0.3) is 0 Å². The number of allylic oxidation sites excluding steroid dienone is 23. The van der Waals surface area contributed by atoms with Gasteiger partial charge >= 0.3 is 0 Å². The summed E-state index contributed by atoms with van der Waals surface area (Å²) in [5.74, 6) is -0.108. The van der Waals surface area contributed by atoms with Gasteiger partial charge in [-0.3, -0.25) is 4.79 Å². The molecule has 1 amide bonds. The lowest BCUT2D eigenvalue weighted by molar-refractivity contribution is -0.123. The lowest BCUT2D eigenvalue weighted by atomic mass is 10.1. The summed E-state index contributed by atoms with van der Waals surface area (Å²) in [6.07, 6.45) is 75.4. The van der Waals surface area contributed by atoms with E-state index in [1.165, 1.54) is 32.1 Å². The molecule has 0 aromatic heterocycles. The van der Waals surface area contributed by atoms with Crippen LogP contribution in [0.3, 0.4) is 0 Å². The van der Waals surface area contributed by atoms with Crippen molar-refractivity contribution in [1.82, 2.24) is 5.32 Å². The Balaban J connectivity index is 3.74. The lowest BCUT2D eigenvalue weighted by Crippen LogP contribution is -2.45. The highest BCUT2D eigenvalue weighted by atomic mass is 16.3. The molecular weight excluding hydrogens is 699 g/mol. The third-order valence-electron chi connectivity index (χ3n) is 9.08. The zero-order valence-electron chi connectivity index (χ0n) is 36.3. The minimum atomic E-state index is -0.861. The lowest BCUT2D eigenvalue weighted by Gasteiger charge is -2.19. The van der Waals surface area contributed by atoms with Crippen LogP contribution in [0.1, 0.15) is 162 Å². The molecule has 3 N–H and O–H groups in total. The zero-order valence-corrected chi connectivity index (χ0v) is 36.3. The van der Waals surface area contributed by atoms with Crippen molar-refractivity contribution in [1.29, 1.82) is 0 Å². The first kappa shape index (κ1) is 53.3. The van der Waals surface area contributed by atoms with Crippen molar-refractivity contribution in [3.8, 4) is 0 Å². The standard InChI is InChI=1S/C53H83NO3/c1-3-5-7-9-11-13-14-15-16-17-18-19-20-21-22-23-24-25-26-27-28-29-30-31-32-33-34-35-36-37-38-39-40-41-43-45-47-49-53(57)54-51(50-55)52(56)48-46-44-42-12-10-8-6-4-2/h5,7,11,13,15-16,18-19,21-22,24-25,27-28,30-31,33-34,36-37,39-40,46,48,51-52,55-56H,3-4,6,8-10,12,14,17,20,23,26,29,32,35,38,41-45,47,49-50H2,1-2H3,(H,54,57)/b7-5-,13-11-,16-15-,19-18-,22-21-,25-24-,28-27-,31-30-,34-33-,37-36-,40-39-,48-46+. The zero-order chi connectivity index (χ0) is 41.4. The number of carbonyl (C=O) groups is 1. The molecule has 2 unspecified atom stereocenters. The molecule has 0 aliphatic rings. The van der Waals surface area contributed by atoms with Gasteiger partial charge in [0, 0.05) is 6.42 Å². The Morgan fingerprint density at radius 2 is 0.772 bits per heavy atom. The summed E-state index contributed by atoms with van der Waals surface area (Å²) >= 11 is 0. The van der Waals surface area contributed by atoms with Crippen molar-refractivity contribution >= 4 is 5.91 Å². The Morgan fingerprint density at radius 1 is 0.439 bits per heavy atom. The van der Waals surface area contributed by atoms with Crippen molar-refractivity contribution in [2.24, 2.45) is 0 Å². The van der Waals surface area contributed by atoms with Gasteiger partial charge in [-0.1, -0.05) is 198 Å². The molecule has 2 atom stereocenters. The third kappa shape index (κ3) is 43.2. The Kier molecular flexibility index (Phi) is 43.6. The number of aliphatic hydroxyl groups excluding tert-OH is 2. The molecule has 0 aliphatic heterocycles. The van der Waals surface area contributed by atoms with Gasteiger partial charge in [-0.05, 0) is 103 Å². The topological polar surface area (TPSA) is 69.6 Å². The van der Waals surface area contributed by atoms with E-state index in [9.17, 15) is 15.0 Å². The number of amides is 1. The molecule has 0 saturated heterocycles. The van der Waals surface area contributed by atoms with Crippen LogP contribution >= 0.6 is 0 Å². The number of hydrogen-bond acceptors (Lipinski definition) is 3. The number of carbonyl (C=O) groups excluding carboxylic acids is 1. The third-order valence-corrected chi connectivity index (χ3v) is 9.08. The molecule has 0 saturated carbocycles. The molecule has 0 heterocycles. The predicted molar refractivity (Wildman–Crippen MR) is 252 cm³/mol. The van der Waals surface area contributed by atoms with Gasteiger partial charge in [0.05, 0.1) is 18.8 Å². The van der Waals surface area contributed by atoms with Crippen LogP contribution in [-0.4, -0.2) is 34.9 Å². The van der Waals surface area contributed by atoms with Gasteiger partial charge in [-0.2, -0.15) is 0 Å². The number of hydrogen-bond donors (Lipinski definition) is 3. The van der Waals surface area contributed by atoms with Crippen LogP contribution in [-0.2, 0) is 4.79 Å². The first-order valence-corrected chi connectivity index (χ1v) is 22.5. The van der Waals surface area contributed by atoms with Crippen molar-refractivity contribution < 1.29 is 15.0 Å². The number of nitrogens with one attached hydrogen (secondary N) is 1. The largest absolute Gasteiger partial charge is 0.394 e. The van der Waals surface area contributed by atoms with E-state index in [1.54, 1.807) is 6.08 Å². The van der Waals surface area contributed by atoms with Gasteiger partial charge in [0.15, 0.2) is 0 Å². The van der Waals surface area contributed by atoms with Crippen LogP contribution in [0.5, 0.6) is 0 Å². The summed E-state index contributed by atoms with van der Waals surface area (Å²) in [4.78, 5) is 12.3. The second-order valence-corrected chi connectivity index (χ2v) is 14.4. The normalized spacial score (nSPS) is 14.4. The predicted octanol–water partition coefficient (Wildman–Crippen LogP) is 14.5. The van der Waals surface area contributed by atoms with E-state index >= 15 is 0 Å². The minimum Gasteiger partial charge on any atom is -0.394 e. The second-order valence-electron chi connectivity index (χ2n) is 14.4. The van der Waals surface area contributed by atoms with Crippen LogP contribution in [0.15, 0.2) is 146 Å². The van der Waals surface area contributed by atoms with Crippen molar-refractivity contribution in [3.05, 3.63) is 146 Å². The van der Waals surface area contributed by atoms with Crippen LogP contribution < -0.4 is 5.32 Å². The van der Waals surface area contributed by atoms with Gasteiger partial charge in [0.1, 0.15) is 0 Å². The summed E-state index contributed by atoms with van der Waals surface area (Å²) in [5, 5.41) is 22.8. The Bertz CT molecular complexity index is 1250. The van der Waals surface area contributed by atoms with Crippen molar-refractivity contribution in [2.45, 2.75) is 174 Å². The first-order valence-electron chi connectivity index (χ1n) is 22.5. The van der Waals surface area contributed by atoms with Gasteiger partial charge in [0.2, 0.25) is 5.91 Å². The second kappa shape index (κ2) is 46.7. The van der Waals surface area contributed by atoms with E-state index in [1.807, 2.05) is 6.08 Å². The number of aliphatic hydroxyl groups is 2. The van der Waals surface area contributed by atoms with Crippen molar-refractivity contribution in [3.63, 3.8) is 0 Å². The average Bonchev–Trinajstić information content (AvgIpc) is 3.22. The Hall–Kier alpha value is -3.73. The highest BCUT2D eigenvalue weighted by molar-refractivity contribution is 5.76. The summed E-state index contributed by atoms with van der Waals surface area (Å²) in [5.41, 5.74) is 0. The van der Waals surface area contributed by atoms with E-state index in [4.69, 9.17) is 0 Å². The van der Waals surface area contributed by atoms with Crippen LogP contribution in [0, 0.1) is 0 Å². The smallest absolute Gasteiger partial charge is 0.220 e. The summed E-state index contributed by atoms with van der Waals surface area (Å²) in [7, 11) is 0. The van der Waals surface area contributed by atoms with Crippen LogP contribution in [0.25, 0.3) is 0 Å². The fourth-order valence-corrected chi connectivity index (χ4v) is 5.65. The fourth-order valence-electron chi connectivity index (χ4n) is 5.65. The van der Waals surface area contributed by atoms with Crippen LogP contribution in [0.2, 0.25) is 0 Å². The van der Waals surface area contributed by atoms with Gasteiger partial charge < -0.3 is 15.5 Å². The maximum Gasteiger partial charge on any atom is 0.220 e.